The highest BCUT2D eigenvalue weighted by molar-refractivity contribution is 5.83. The van der Waals surface area contributed by atoms with Gasteiger partial charge in [0.2, 0.25) is 5.91 Å². The second kappa shape index (κ2) is 7.36. The number of hydrogen-bond donors (Lipinski definition) is 1. The standard InChI is InChI=1S/C13H24N2O3/c1-4-7-11(13(17)18-5-2)15-9-6-8-10(15)12(16)14-3/h10-11H,4-9H2,1-3H3,(H,14,16). The van der Waals surface area contributed by atoms with Crippen molar-refractivity contribution in [3.05, 3.63) is 0 Å². The fourth-order valence-electron chi connectivity index (χ4n) is 2.54. The lowest BCUT2D eigenvalue weighted by molar-refractivity contribution is -0.151. The van der Waals surface area contributed by atoms with Crippen LogP contribution in [-0.2, 0) is 14.3 Å². The Morgan fingerprint density at radius 3 is 2.72 bits per heavy atom. The van der Waals surface area contributed by atoms with Crippen LogP contribution in [0.15, 0.2) is 0 Å². The number of nitrogens with one attached hydrogen (secondary N) is 1. The topological polar surface area (TPSA) is 58.6 Å². The average Bonchev–Trinajstić information content (AvgIpc) is 2.84. The van der Waals surface area contributed by atoms with Crippen LogP contribution in [0.25, 0.3) is 0 Å². The number of carbonyl (C=O) groups is 2. The summed E-state index contributed by atoms with van der Waals surface area (Å²) in [5.74, 6) is -0.201. The van der Waals surface area contributed by atoms with Crippen LogP contribution >= 0.6 is 0 Å². The zero-order chi connectivity index (χ0) is 13.5. The molecule has 104 valence electrons. The minimum Gasteiger partial charge on any atom is -0.465 e. The Balaban J connectivity index is 2.77. The van der Waals surface area contributed by atoms with Crippen molar-refractivity contribution in [2.24, 2.45) is 0 Å². The molecule has 0 spiro atoms. The number of carbonyl (C=O) groups excluding carboxylic acids is 2. The fraction of sp³-hybridized carbons (Fsp3) is 0.846. The first kappa shape index (κ1) is 15.0. The van der Waals surface area contributed by atoms with Gasteiger partial charge in [-0.05, 0) is 32.7 Å². The summed E-state index contributed by atoms with van der Waals surface area (Å²) in [6.45, 7) is 5.03. The molecule has 2 atom stereocenters. The van der Waals surface area contributed by atoms with Gasteiger partial charge >= 0.3 is 5.97 Å². The molecule has 1 saturated heterocycles. The van der Waals surface area contributed by atoms with Crippen LogP contribution in [0, 0.1) is 0 Å². The number of rotatable bonds is 6. The molecule has 5 heteroatoms. The normalized spacial score (nSPS) is 21.6. The summed E-state index contributed by atoms with van der Waals surface area (Å²) >= 11 is 0. The summed E-state index contributed by atoms with van der Waals surface area (Å²) in [5, 5.41) is 2.67. The summed E-state index contributed by atoms with van der Waals surface area (Å²) < 4.78 is 5.12. The Kier molecular flexibility index (Phi) is 6.12. The third-order valence-corrected chi connectivity index (χ3v) is 3.36. The van der Waals surface area contributed by atoms with E-state index in [1.165, 1.54) is 0 Å². The largest absolute Gasteiger partial charge is 0.465 e. The van der Waals surface area contributed by atoms with E-state index in [0.29, 0.717) is 6.61 Å². The quantitative estimate of drug-likeness (QED) is 0.718. The van der Waals surface area contributed by atoms with E-state index in [-0.39, 0.29) is 24.0 Å². The Labute approximate surface area is 109 Å². The summed E-state index contributed by atoms with van der Waals surface area (Å²) in [6.07, 6.45) is 3.42. The van der Waals surface area contributed by atoms with E-state index in [1.54, 1.807) is 14.0 Å². The molecule has 2 unspecified atom stereocenters. The molecule has 0 bridgehead atoms. The minimum atomic E-state index is -0.278. The van der Waals surface area contributed by atoms with E-state index in [9.17, 15) is 9.59 Å². The summed E-state index contributed by atoms with van der Waals surface area (Å²) in [6, 6.07) is -0.462. The molecular weight excluding hydrogens is 232 g/mol. The van der Waals surface area contributed by atoms with Crippen molar-refractivity contribution in [1.29, 1.82) is 0 Å². The summed E-state index contributed by atoms with van der Waals surface area (Å²) in [7, 11) is 1.64. The van der Waals surface area contributed by atoms with Crippen molar-refractivity contribution in [1.82, 2.24) is 10.2 Å². The first-order valence-corrected chi connectivity index (χ1v) is 6.79. The van der Waals surface area contributed by atoms with Crippen LogP contribution in [0.3, 0.4) is 0 Å². The van der Waals surface area contributed by atoms with Crippen LogP contribution in [-0.4, -0.2) is 49.1 Å². The number of ether oxygens (including phenoxy) is 1. The average molecular weight is 256 g/mol. The van der Waals surface area contributed by atoms with Gasteiger partial charge in [-0.1, -0.05) is 13.3 Å². The van der Waals surface area contributed by atoms with E-state index in [4.69, 9.17) is 4.74 Å². The fourth-order valence-corrected chi connectivity index (χ4v) is 2.54. The maximum atomic E-state index is 12.0. The molecule has 18 heavy (non-hydrogen) atoms. The maximum Gasteiger partial charge on any atom is 0.323 e. The van der Waals surface area contributed by atoms with Crippen LogP contribution in [0.4, 0.5) is 0 Å². The van der Waals surface area contributed by atoms with Gasteiger partial charge in [0.05, 0.1) is 12.6 Å². The van der Waals surface area contributed by atoms with Gasteiger partial charge in [-0.25, -0.2) is 0 Å². The van der Waals surface area contributed by atoms with Crippen molar-refractivity contribution in [2.75, 3.05) is 20.2 Å². The van der Waals surface area contributed by atoms with E-state index < -0.39 is 0 Å². The molecule has 0 aromatic heterocycles. The number of likely N-dealkylation sites (N-methyl/N-ethyl adjacent to an activating group) is 1. The highest BCUT2D eigenvalue weighted by Gasteiger charge is 2.38. The molecule has 0 aromatic carbocycles. The Morgan fingerprint density at radius 2 is 2.17 bits per heavy atom. The van der Waals surface area contributed by atoms with E-state index in [2.05, 4.69) is 5.32 Å². The zero-order valence-electron chi connectivity index (χ0n) is 11.6. The lowest BCUT2D eigenvalue weighted by atomic mass is 10.1. The van der Waals surface area contributed by atoms with Gasteiger partial charge in [0.15, 0.2) is 0 Å². The number of nitrogens with zero attached hydrogens (tertiary/aromatic N) is 1. The molecule has 0 radical (unpaired) electrons. The SMILES string of the molecule is CCCC(C(=O)OCC)N1CCCC1C(=O)NC. The van der Waals surface area contributed by atoms with Gasteiger partial charge in [0.1, 0.15) is 6.04 Å². The summed E-state index contributed by atoms with van der Waals surface area (Å²) in [4.78, 5) is 25.8. The van der Waals surface area contributed by atoms with Gasteiger partial charge in [0.25, 0.3) is 0 Å². The van der Waals surface area contributed by atoms with Crippen LogP contribution in [0.2, 0.25) is 0 Å². The third kappa shape index (κ3) is 3.45. The minimum absolute atomic E-state index is 0.00194. The number of hydrogen-bond acceptors (Lipinski definition) is 4. The van der Waals surface area contributed by atoms with Crippen LogP contribution in [0.1, 0.15) is 39.5 Å². The number of esters is 1. The molecule has 1 N–H and O–H groups in total. The Hall–Kier alpha value is -1.10. The van der Waals surface area contributed by atoms with Gasteiger partial charge in [0, 0.05) is 7.05 Å². The van der Waals surface area contributed by atoms with Gasteiger partial charge in [-0.2, -0.15) is 0 Å². The van der Waals surface area contributed by atoms with Gasteiger partial charge in [-0.15, -0.1) is 0 Å². The van der Waals surface area contributed by atoms with Crippen LogP contribution in [0.5, 0.6) is 0 Å². The Bertz CT molecular complexity index is 294. The van der Waals surface area contributed by atoms with Crippen molar-refractivity contribution in [3.8, 4) is 0 Å². The first-order valence-electron chi connectivity index (χ1n) is 6.79. The summed E-state index contributed by atoms with van der Waals surface area (Å²) in [5.41, 5.74) is 0. The highest BCUT2D eigenvalue weighted by Crippen LogP contribution is 2.23. The van der Waals surface area contributed by atoms with E-state index in [1.807, 2.05) is 11.8 Å². The monoisotopic (exact) mass is 256 g/mol. The molecular formula is C13H24N2O3. The maximum absolute atomic E-state index is 12.0. The van der Waals surface area contributed by atoms with E-state index in [0.717, 1.165) is 32.2 Å². The van der Waals surface area contributed by atoms with Crippen molar-refractivity contribution in [3.63, 3.8) is 0 Å². The third-order valence-electron chi connectivity index (χ3n) is 3.36. The van der Waals surface area contributed by atoms with Gasteiger partial charge in [-0.3, -0.25) is 14.5 Å². The molecule has 0 aromatic rings. The second-order valence-corrected chi connectivity index (χ2v) is 4.57. The molecule has 5 nitrogen and oxygen atoms in total. The van der Waals surface area contributed by atoms with Crippen molar-refractivity contribution < 1.29 is 14.3 Å². The van der Waals surface area contributed by atoms with Crippen molar-refractivity contribution >= 4 is 11.9 Å². The van der Waals surface area contributed by atoms with Crippen LogP contribution < -0.4 is 5.32 Å². The predicted octanol–water partition coefficient (Wildman–Crippen LogP) is 0.929. The second-order valence-electron chi connectivity index (χ2n) is 4.57. The molecule has 1 fully saturated rings. The molecule has 0 saturated carbocycles. The predicted molar refractivity (Wildman–Crippen MR) is 69.1 cm³/mol. The van der Waals surface area contributed by atoms with Gasteiger partial charge < -0.3 is 10.1 Å². The molecule has 0 aliphatic carbocycles. The Morgan fingerprint density at radius 1 is 1.44 bits per heavy atom. The first-order chi connectivity index (χ1) is 8.65. The highest BCUT2D eigenvalue weighted by atomic mass is 16.5. The zero-order valence-corrected chi connectivity index (χ0v) is 11.6. The smallest absolute Gasteiger partial charge is 0.323 e. The molecule has 1 aliphatic rings. The lowest BCUT2D eigenvalue weighted by Crippen LogP contribution is -2.50. The molecule has 1 rings (SSSR count). The van der Waals surface area contributed by atoms with Crippen molar-refractivity contribution in [2.45, 2.75) is 51.6 Å². The number of amides is 1. The molecule has 1 aliphatic heterocycles. The molecule has 1 amide bonds. The van der Waals surface area contributed by atoms with E-state index >= 15 is 0 Å². The number of likely N-dealkylation sites (tertiary alicyclic amines) is 1. The lowest BCUT2D eigenvalue weighted by Gasteiger charge is -2.30. The molecule has 1 heterocycles.